The molecular weight excluding hydrogens is 272 g/mol. The summed E-state index contributed by atoms with van der Waals surface area (Å²) in [4.78, 5) is 5.23. The Hall–Kier alpha value is -1.06. The minimum absolute atomic E-state index is 0.502. The fraction of sp³-hybridized carbons (Fsp3) is 0.684. The minimum Gasteiger partial charge on any atom is -0.493 e. The number of hydrogen-bond donors (Lipinski definition) is 0. The van der Waals surface area contributed by atoms with Gasteiger partial charge in [0, 0.05) is 31.2 Å². The second-order valence-corrected chi connectivity index (χ2v) is 7.11. The van der Waals surface area contributed by atoms with Crippen LogP contribution in [0.1, 0.15) is 49.4 Å². The van der Waals surface area contributed by atoms with E-state index in [0.29, 0.717) is 6.04 Å². The van der Waals surface area contributed by atoms with Gasteiger partial charge in [0.2, 0.25) is 0 Å². The molecule has 0 N–H and O–H groups in total. The van der Waals surface area contributed by atoms with Crippen LogP contribution in [0.2, 0.25) is 0 Å². The van der Waals surface area contributed by atoms with Gasteiger partial charge in [0.1, 0.15) is 5.75 Å². The van der Waals surface area contributed by atoms with E-state index in [1.165, 1.54) is 36.2 Å². The number of benzene rings is 1. The summed E-state index contributed by atoms with van der Waals surface area (Å²) in [5, 5.41) is 0. The van der Waals surface area contributed by atoms with Crippen molar-refractivity contribution in [2.24, 2.45) is 0 Å². The molecule has 122 valence electrons. The molecule has 0 amide bonds. The number of rotatable bonds is 5. The van der Waals surface area contributed by atoms with Gasteiger partial charge in [-0.25, -0.2) is 0 Å². The Balaban J connectivity index is 1.79. The predicted molar refractivity (Wildman–Crippen MR) is 91.6 cm³/mol. The maximum absolute atomic E-state index is 5.87. The van der Waals surface area contributed by atoms with Crippen molar-refractivity contribution in [3.8, 4) is 5.75 Å². The number of nitrogens with zero attached hydrogens (tertiary/aromatic N) is 2. The fourth-order valence-corrected chi connectivity index (χ4v) is 4.19. The van der Waals surface area contributed by atoms with E-state index in [2.05, 4.69) is 56.7 Å². The lowest BCUT2D eigenvalue weighted by Crippen LogP contribution is -2.45. The summed E-state index contributed by atoms with van der Waals surface area (Å²) >= 11 is 0. The number of likely N-dealkylation sites (N-methyl/N-ethyl adjacent to an activating group) is 1. The van der Waals surface area contributed by atoms with Crippen LogP contribution >= 0.6 is 0 Å². The zero-order valence-electron chi connectivity index (χ0n) is 14.7. The summed E-state index contributed by atoms with van der Waals surface area (Å²) in [6.45, 7) is 12.2. The Labute approximate surface area is 135 Å². The third-order valence-electron chi connectivity index (χ3n) is 5.75. The van der Waals surface area contributed by atoms with Gasteiger partial charge in [-0.3, -0.25) is 4.90 Å². The van der Waals surface area contributed by atoms with Crippen molar-refractivity contribution in [3.63, 3.8) is 0 Å². The van der Waals surface area contributed by atoms with Crippen LogP contribution < -0.4 is 4.74 Å². The van der Waals surface area contributed by atoms with E-state index in [0.717, 1.165) is 30.9 Å². The molecule has 1 aromatic rings. The van der Waals surface area contributed by atoms with Crippen molar-refractivity contribution >= 4 is 0 Å². The Bertz CT molecular complexity index is 540. The Morgan fingerprint density at radius 2 is 1.95 bits per heavy atom. The van der Waals surface area contributed by atoms with Crippen molar-refractivity contribution in [3.05, 3.63) is 28.8 Å². The zero-order chi connectivity index (χ0) is 15.9. The molecule has 0 aromatic heterocycles. The highest BCUT2D eigenvalue weighted by atomic mass is 16.5. The molecule has 22 heavy (non-hydrogen) atoms. The number of fused-ring (bicyclic) bond motifs is 2. The van der Waals surface area contributed by atoms with Crippen LogP contribution in [-0.4, -0.2) is 48.6 Å². The third-order valence-corrected chi connectivity index (χ3v) is 5.75. The molecule has 2 aliphatic rings. The predicted octanol–water partition coefficient (Wildman–Crippen LogP) is 3.54. The van der Waals surface area contributed by atoms with Gasteiger partial charge in [0.05, 0.1) is 6.61 Å². The van der Waals surface area contributed by atoms with E-state index in [-0.39, 0.29) is 0 Å². The first-order chi connectivity index (χ1) is 10.5. The summed E-state index contributed by atoms with van der Waals surface area (Å²) in [6.07, 6.45) is 2.40. The lowest BCUT2D eigenvalue weighted by molar-refractivity contribution is 0.113. The normalized spacial score (nSPS) is 26.6. The molecule has 2 saturated heterocycles. The monoisotopic (exact) mass is 302 g/mol. The van der Waals surface area contributed by atoms with Gasteiger partial charge in [-0.15, -0.1) is 0 Å². The van der Waals surface area contributed by atoms with Crippen LogP contribution in [0.5, 0.6) is 5.75 Å². The standard InChI is InChI=1S/C19H30N2O/c1-6-9-22-19-8-7-18(13(2)14(19)3)15(4)21-12-16-10-17(21)11-20(16)5/h7-8,15-17H,6,9-12H2,1-5H3/t15-,16?,17?/m0/s1. The first kappa shape index (κ1) is 15.8. The van der Waals surface area contributed by atoms with Gasteiger partial charge in [-0.2, -0.15) is 0 Å². The van der Waals surface area contributed by atoms with Crippen LogP contribution in [0.3, 0.4) is 0 Å². The summed E-state index contributed by atoms with van der Waals surface area (Å²) in [5.74, 6) is 1.05. The van der Waals surface area contributed by atoms with Gasteiger partial charge in [-0.1, -0.05) is 13.0 Å². The molecule has 0 radical (unpaired) electrons. The summed E-state index contributed by atoms with van der Waals surface area (Å²) in [6, 6.07) is 6.46. The zero-order valence-corrected chi connectivity index (χ0v) is 14.7. The maximum atomic E-state index is 5.87. The number of hydrogen-bond acceptors (Lipinski definition) is 3. The van der Waals surface area contributed by atoms with Crippen molar-refractivity contribution in [2.75, 3.05) is 26.7 Å². The number of piperazine rings is 1. The SMILES string of the molecule is CCCOc1ccc([C@H](C)N2CC3CC2CN3C)c(C)c1C. The molecule has 2 aliphatic heterocycles. The van der Waals surface area contributed by atoms with Crippen molar-refractivity contribution in [1.29, 1.82) is 0 Å². The Morgan fingerprint density at radius 3 is 2.55 bits per heavy atom. The number of likely N-dealkylation sites (tertiary alicyclic amines) is 2. The van der Waals surface area contributed by atoms with Crippen LogP contribution in [0, 0.1) is 13.8 Å². The largest absolute Gasteiger partial charge is 0.493 e. The second kappa shape index (κ2) is 6.21. The number of ether oxygens (including phenoxy) is 1. The second-order valence-electron chi connectivity index (χ2n) is 7.11. The van der Waals surface area contributed by atoms with Gasteiger partial charge < -0.3 is 9.64 Å². The van der Waals surface area contributed by atoms with Gasteiger partial charge in [-0.05, 0) is 63.4 Å². The molecule has 3 heteroatoms. The van der Waals surface area contributed by atoms with Gasteiger partial charge in [0.25, 0.3) is 0 Å². The van der Waals surface area contributed by atoms with Crippen molar-refractivity contribution in [2.45, 2.75) is 58.7 Å². The first-order valence-electron chi connectivity index (χ1n) is 8.71. The third kappa shape index (κ3) is 2.65. The lowest BCUT2D eigenvalue weighted by atomic mass is 9.96. The molecule has 3 nitrogen and oxygen atoms in total. The maximum Gasteiger partial charge on any atom is 0.122 e. The fourth-order valence-electron chi connectivity index (χ4n) is 4.19. The van der Waals surface area contributed by atoms with E-state index in [4.69, 9.17) is 4.74 Å². The molecule has 0 aliphatic carbocycles. The topological polar surface area (TPSA) is 15.7 Å². The molecular formula is C19H30N2O. The minimum atomic E-state index is 0.502. The molecule has 2 unspecified atom stereocenters. The van der Waals surface area contributed by atoms with Gasteiger partial charge >= 0.3 is 0 Å². The molecule has 2 heterocycles. The molecule has 3 rings (SSSR count). The van der Waals surface area contributed by atoms with Crippen molar-refractivity contribution in [1.82, 2.24) is 9.80 Å². The highest BCUT2D eigenvalue weighted by molar-refractivity contribution is 5.45. The molecule has 2 fully saturated rings. The average molecular weight is 302 g/mol. The van der Waals surface area contributed by atoms with Crippen LogP contribution in [0.25, 0.3) is 0 Å². The highest BCUT2D eigenvalue weighted by Crippen LogP contribution is 2.38. The van der Waals surface area contributed by atoms with E-state index < -0.39 is 0 Å². The molecule has 0 spiro atoms. The van der Waals surface area contributed by atoms with E-state index >= 15 is 0 Å². The molecule has 0 saturated carbocycles. The Kier molecular flexibility index (Phi) is 4.47. The highest BCUT2D eigenvalue weighted by Gasteiger charge is 2.43. The summed E-state index contributed by atoms with van der Waals surface area (Å²) in [7, 11) is 2.27. The quantitative estimate of drug-likeness (QED) is 0.827. The van der Waals surface area contributed by atoms with Crippen LogP contribution in [0.4, 0.5) is 0 Å². The lowest BCUT2D eigenvalue weighted by Gasteiger charge is -2.37. The van der Waals surface area contributed by atoms with Crippen molar-refractivity contribution < 1.29 is 4.74 Å². The molecule has 1 aromatic carbocycles. The Morgan fingerprint density at radius 1 is 1.18 bits per heavy atom. The average Bonchev–Trinajstić information content (AvgIpc) is 3.07. The van der Waals surface area contributed by atoms with Crippen LogP contribution in [0.15, 0.2) is 12.1 Å². The summed E-state index contributed by atoms with van der Waals surface area (Å²) < 4.78 is 5.87. The first-order valence-corrected chi connectivity index (χ1v) is 8.71. The summed E-state index contributed by atoms with van der Waals surface area (Å²) in [5.41, 5.74) is 4.17. The molecule has 2 bridgehead atoms. The van der Waals surface area contributed by atoms with Gasteiger partial charge in [0.15, 0.2) is 0 Å². The van der Waals surface area contributed by atoms with E-state index in [9.17, 15) is 0 Å². The van der Waals surface area contributed by atoms with E-state index in [1.807, 2.05) is 0 Å². The van der Waals surface area contributed by atoms with E-state index in [1.54, 1.807) is 0 Å². The van der Waals surface area contributed by atoms with Crippen LogP contribution in [-0.2, 0) is 0 Å². The smallest absolute Gasteiger partial charge is 0.122 e. The molecule has 3 atom stereocenters.